The van der Waals surface area contributed by atoms with E-state index in [4.69, 9.17) is 0 Å². The number of nitrogens with one attached hydrogen (secondary N) is 1. The molecule has 0 aliphatic carbocycles. The maximum absolute atomic E-state index is 10.6. The summed E-state index contributed by atoms with van der Waals surface area (Å²) in [7, 11) is 0. The molecule has 4 rings (SSSR count). The summed E-state index contributed by atoms with van der Waals surface area (Å²) in [5.41, 5.74) is 1.87. The van der Waals surface area contributed by atoms with Gasteiger partial charge in [0.15, 0.2) is 0 Å². The number of phenols is 1. The van der Waals surface area contributed by atoms with Crippen molar-refractivity contribution >= 4 is 27.4 Å². The van der Waals surface area contributed by atoms with E-state index in [1.165, 1.54) is 6.33 Å². The van der Waals surface area contributed by atoms with Crippen molar-refractivity contribution < 1.29 is 10.2 Å². The second kappa shape index (κ2) is 7.34. The zero-order valence-electron chi connectivity index (χ0n) is 14.7. The Balaban J connectivity index is 1.61. The molecule has 6 heteroatoms. The van der Waals surface area contributed by atoms with Crippen molar-refractivity contribution in [2.45, 2.75) is 19.1 Å². The van der Waals surface area contributed by atoms with E-state index in [1.54, 1.807) is 35.6 Å². The first-order valence-corrected chi connectivity index (χ1v) is 9.47. The molecule has 0 saturated heterocycles. The molecule has 27 heavy (non-hydrogen) atoms. The fourth-order valence-electron chi connectivity index (χ4n) is 2.97. The van der Waals surface area contributed by atoms with E-state index >= 15 is 0 Å². The molecular weight excluding hydrogens is 358 g/mol. The Morgan fingerprint density at radius 2 is 1.74 bits per heavy atom. The zero-order valence-corrected chi connectivity index (χ0v) is 15.5. The maximum Gasteiger partial charge on any atom is 0.138 e. The molecule has 0 unspecified atom stereocenters. The first kappa shape index (κ1) is 17.5. The third-order valence-corrected chi connectivity index (χ3v) is 5.55. The Kier molecular flexibility index (Phi) is 4.75. The molecule has 0 fully saturated rings. The minimum atomic E-state index is -0.733. The van der Waals surface area contributed by atoms with Crippen molar-refractivity contribution in [1.29, 1.82) is 0 Å². The molecule has 2 aromatic carbocycles. The number of nitrogens with zero attached hydrogens (tertiary/aromatic N) is 2. The predicted molar refractivity (Wildman–Crippen MR) is 109 cm³/mol. The lowest BCUT2D eigenvalue weighted by Gasteiger charge is -2.21. The number of thiophene rings is 1. The average Bonchev–Trinajstić information content (AvgIpc) is 3.14. The number of aliphatic hydroxyl groups is 1. The Morgan fingerprint density at radius 3 is 2.48 bits per heavy atom. The van der Waals surface area contributed by atoms with E-state index in [0.29, 0.717) is 5.82 Å². The normalized spacial score (nSPS) is 13.4. The summed E-state index contributed by atoms with van der Waals surface area (Å²) < 4.78 is 0. The van der Waals surface area contributed by atoms with Gasteiger partial charge < -0.3 is 15.5 Å². The van der Waals surface area contributed by atoms with E-state index in [2.05, 4.69) is 33.5 Å². The predicted octanol–water partition coefficient (Wildman–Crippen LogP) is 4.60. The van der Waals surface area contributed by atoms with E-state index in [9.17, 15) is 10.2 Å². The molecule has 2 atom stereocenters. The fourth-order valence-corrected chi connectivity index (χ4v) is 3.97. The summed E-state index contributed by atoms with van der Waals surface area (Å²) in [6, 6.07) is 18.5. The quantitative estimate of drug-likeness (QED) is 0.474. The molecule has 3 N–H and O–H groups in total. The lowest BCUT2D eigenvalue weighted by molar-refractivity contribution is 0.160. The number of anilines is 1. The van der Waals surface area contributed by atoms with Crippen LogP contribution in [0.15, 0.2) is 67.0 Å². The highest BCUT2D eigenvalue weighted by atomic mass is 32.1. The van der Waals surface area contributed by atoms with Gasteiger partial charge in [0, 0.05) is 4.88 Å². The first-order valence-electron chi connectivity index (χ1n) is 8.65. The van der Waals surface area contributed by atoms with Crippen LogP contribution in [0.4, 0.5) is 5.82 Å². The van der Waals surface area contributed by atoms with Crippen LogP contribution < -0.4 is 5.32 Å². The van der Waals surface area contributed by atoms with Crippen LogP contribution in [0.5, 0.6) is 5.75 Å². The van der Waals surface area contributed by atoms with Gasteiger partial charge >= 0.3 is 0 Å². The molecule has 0 aliphatic heterocycles. The highest BCUT2D eigenvalue weighted by molar-refractivity contribution is 7.21. The molecule has 4 aromatic rings. The Hall–Kier alpha value is -2.96. The topological polar surface area (TPSA) is 78.3 Å². The van der Waals surface area contributed by atoms with E-state index in [1.807, 2.05) is 25.1 Å². The van der Waals surface area contributed by atoms with Gasteiger partial charge in [0.25, 0.3) is 0 Å². The van der Waals surface area contributed by atoms with E-state index in [0.717, 1.165) is 26.2 Å². The summed E-state index contributed by atoms with van der Waals surface area (Å²) in [6.07, 6.45) is 0.804. The van der Waals surface area contributed by atoms with Crippen LogP contribution in [-0.2, 0) is 0 Å². The largest absolute Gasteiger partial charge is 0.508 e. The van der Waals surface area contributed by atoms with Crippen molar-refractivity contribution in [3.63, 3.8) is 0 Å². The van der Waals surface area contributed by atoms with Gasteiger partial charge in [-0.1, -0.05) is 42.5 Å². The number of hydrogen-bond acceptors (Lipinski definition) is 6. The highest BCUT2D eigenvalue weighted by Gasteiger charge is 2.19. The molecular formula is C21H19N3O2S. The number of benzene rings is 2. The summed E-state index contributed by atoms with van der Waals surface area (Å²) in [4.78, 5) is 10.8. The number of aromatic nitrogens is 2. The lowest BCUT2D eigenvalue weighted by Crippen LogP contribution is -2.24. The van der Waals surface area contributed by atoms with Crippen LogP contribution in [0, 0.1) is 0 Å². The minimum absolute atomic E-state index is 0.177. The van der Waals surface area contributed by atoms with Crippen molar-refractivity contribution in [3.8, 4) is 16.2 Å². The third kappa shape index (κ3) is 3.63. The second-order valence-electron chi connectivity index (χ2n) is 6.39. The second-order valence-corrected chi connectivity index (χ2v) is 7.42. The Morgan fingerprint density at radius 1 is 1.00 bits per heavy atom. The molecule has 2 aromatic heterocycles. The molecule has 0 bridgehead atoms. The minimum Gasteiger partial charge on any atom is -0.508 e. The third-order valence-electron chi connectivity index (χ3n) is 4.46. The van der Waals surface area contributed by atoms with Gasteiger partial charge in [0.05, 0.1) is 17.5 Å². The summed E-state index contributed by atoms with van der Waals surface area (Å²) in [6.45, 7) is 1.90. The van der Waals surface area contributed by atoms with E-state index < -0.39 is 6.10 Å². The fraction of sp³-hybridized carbons (Fsp3) is 0.143. The molecule has 0 aliphatic rings. The van der Waals surface area contributed by atoms with Gasteiger partial charge in [-0.3, -0.25) is 0 Å². The number of aromatic hydroxyl groups is 1. The van der Waals surface area contributed by atoms with Gasteiger partial charge in [-0.2, -0.15) is 0 Å². The Bertz CT molecular complexity index is 1050. The van der Waals surface area contributed by atoms with E-state index in [-0.39, 0.29) is 11.8 Å². The average molecular weight is 377 g/mol. The molecule has 0 amide bonds. The van der Waals surface area contributed by atoms with Gasteiger partial charge in [-0.25, -0.2) is 9.97 Å². The molecule has 0 saturated carbocycles. The molecule has 136 valence electrons. The van der Waals surface area contributed by atoms with Crippen LogP contribution in [0.1, 0.15) is 18.6 Å². The Labute approximate surface area is 161 Å². The number of fused-ring (bicyclic) bond motifs is 1. The SMILES string of the molecule is C[C@H](Nc1ncnc2sc(-c3ccccc3)cc12)[C@H](O)c1ccc(O)cc1. The van der Waals surface area contributed by atoms with Crippen LogP contribution in [0.25, 0.3) is 20.7 Å². The summed E-state index contributed by atoms with van der Waals surface area (Å²) in [5, 5.41) is 24.3. The van der Waals surface area contributed by atoms with Crippen LogP contribution >= 0.6 is 11.3 Å². The summed E-state index contributed by atoms with van der Waals surface area (Å²) >= 11 is 1.62. The van der Waals surface area contributed by atoms with Crippen molar-refractivity contribution in [3.05, 3.63) is 72.6 Å². The maximum atomic E-state index is 10.6. The van der Waals surface area contributed by atoms with Gasteiger partial charge in [0.1, 0.15) is 22.7 Å². The molecule has 0 radical (unpaired) electrons. The van der Waals surface area contributed by atoms with Gasteiger partial charge in [0.2, 0.25) is 0 Å². The number of aliphatic hydroxyl groups excluding tert-OH is 1. The molecule has 5 nitrogen and oxygen atoms in total. The van der Waals surface area contributed by atoms with Crippen LogP contribution in [0.2, 0.25) is 0 Å². The van der Waals surface area contributed by atoms with Gasteiger partial charge in [-0.15, -0.1) is 11.3 Å². The van der Waals surface area contributed by atoms with Crippen molar-refractivity contribution in [2.24, 2.45) is 0 Å². The highest BCUT2D eigenvalue weighted by Crippen LogP contribution is 2.35. The number of hydrogen-bond donors (Lipinski definition) is 3. The smallest absolute Gasteiger partial charge is 0.138 e. The van der Waals surface area contributed by atoms with Gasteiger partial charge in [-0.05, 0) is 36.2 Å². The van der Waals surface area contributed by atoms with Crippen molar-refractivity contribution in [1.82, 2.24) is 9.97 Å². The molecule has 2 heterocycles. The number of phenolic OH excluding ortho intramolecular Hbond substituents is 1. The summed E-state index contributed by atoms with van der Waals surface area (Å²) in [5.74, 6) is 0.875. The zero-order chi connectivity index (χ0) is 18.8. The first-order chi connectivity index (χ1) is 13.1. The molecule has 0 spiro atoms. The van der Waals surface area contributed by atoms with Crippen LogP contribution in [0.3, 0.4) is 0 Å². The number of rotatable bonds is 5. The monoisotopic (exact) mass is 377 g/mol. The van der Waals surface area contributed by atoms with Crippen LogP contribution in [-0.4, -0.2) is 26.2 Å². The lowest BCUT2D eigenvalue weighted by atomic mass is 10.0. The van der Waals surface area contributed by atoms with Crippen molar-refractivity contribution in [2.75, 3.05) is 5.32 Å². The standard InChI is InChI=1S/C21H19N3O2S/c1-13(19(26)15-7-9-16(25)10-8-15)24-20-17-11-18(14-5-3-2-4-6-14)27-21(17)23-12-22-20/h2-13,19,25-26H,1H3,(H,22,23,24)/t13-,19-/m0/s1.